The van der Waals surface area contributed by atoms with Crippen molar-refractivity contribution in [1.29, 1.82) is 0 Å². The van der Waals surface area contributed by atoms with Crippen LogP contribution in [0.3, 0.4) is 0 Å². The number of hydrogen-bond donors (Lipinski definition) is 2. The molecule has 6 heteroatoms. The predicted octanol–water partition coefficient (Wildman–Crippen LogP) is 1.74. The van der Waals surface area contributed by atoms with Crippen molar-refractivity contribution in [2.24, 2.45) is 5.73 Å². The van der Waals surface area contributed by atoms with Crippen LogP contribution >= 0.6 is 22.9 Å². The van der Waals surface area contributed by atoms with Crippen molar-refractivity contribution in [3.8, 4) is 0 Å². The lowest BCUT2D eigenvalue weighted by molar-refractivity contribution is -0.119. The molecule has 1 saturated heterocycles. The second-order valence-corrected chi connectivity index (χ2v) is 6.14. The van der Waals surface area contributed by atoms with Gasteiger partial charge in [-0.15, -0.1) is 11.3 Å². The van der Waals surface area contributed by atoms with Crippen LogP contribution in [0.15, 0.2) is 12.1 Å². The monoisotopic (exact) mass is 288 g/mol. The molecule has 1 aromatic heterocycles. The zero-order valence-corrected chi connectivity index (χ0v) is 11.6. The average molecular weight is 289 g/mol. The summed E-state index contributed by atoms with van der Waals surface area (Å²) in [6.45, 7) is 2.13. The Morgan fingerprint density at radius 3 is 2.83 bits per heavy atom. The maximum Gasteiger partial charge on any atom is 0.227 e. The Morgan fingerprint density at radius 2 is 2.28 bits per heavy atom. The molecule has 0 saturated carbocycles. The summed E-state index contributed by atoms with van der Waals surface area (Å²) in [7, 11) is 0. The van der Waals surface area contributed by atoms with Gasteiger partial charge in [-0.3, -0.25) is 4.79 Å². The Morgan fingerprint density at radius 1 is 1.56 bits per heavy atom. The first kappa shape index (κ1) is 13.8. The van der Waals surface area contributed by atoms with Gasteiger partial charge < -0.3 is 15.8 Å². The summed E-state index contributed by atoms with van der Waals surface area (Å²) >= 11 is 7.30. The molecule has 1 atom stereocenters. The molecular weight excluding hydrogens is 272 g/mol. The van der Waals surface area contributed by atoms with E-state index in [4.69, 9.17) is 22.1 Å². The minimum atomic E-state index is -0.312. The molecule has 2 rings (SSSR count). The third-order valence-corrected chi connectivity index (χ3v) is 4.46. The van der Waals surface area contributed by atoms with Gasteiger partial charge in [-0.2, -0.15) is 0 Å². The molecule has 1 aliphatic rings. The number of thiophene rings is 1. The van der Waals surface area contributed by atoms with E-state index < -0.39 is 0 Å². The molecule has 0 bridgehead atoms. The van der Waals surface area contributed by atoms with Crippen LogP contribution in [0.25, 0.3) is 0 Å². The number of carbonyl (C=O) groups is 1. The largest absolute Gasteiger partial charge is 0.381 e. The van der Waals surface area contributed by atoms with Gasteiger partial charge in [0.05, 0.1) is 10.3 Å². The molecule has 0 unspecified atom stereocenters. The number of ether oxygens (including phenoxy) is 1. The van der Waals surface area contributed by atoms with Gasteiger partial charge in [-0.05, 0) is 25.0 Å². The summed E-state index contributed by atoms with van der Waals surface area (Å²) in [5.74, 6) is -0.613. The third kappa shape index (κ3) is 3.68. The van der Waals surface area contributed by atoms with Crippen molar-refractivity contribution in [3.63, 3.8) is 0 Å². The molecule has 1 amide bonds. The Labute approximate surface area is 115 Å². The highest BCUT2D eigenvalue weighted by atomic mass is 35.5. The number of nitrogens with one attached hydrogen (secondary N) is 1. The van der Waals surface area contributed by atoms with Crippen LogP contribution in [0, 0.1) is 0 Å². The van der Waals surface area contributed by atoms with E-state index in [1.807, 2.05) is 6.07 Å². The first-order valence-corrected chi connectivity index (χ1v) is 7.22. The number of carbonyl (C=O) groups excluding carboxylic acids is 1. The Balaban J connectivity index is 1.92. The fourth-order valence-electron chi connectivity index (χ4n) is 2.04. The van der Waals surface area contributed by atoms with Crippen LogP contribution in [0.4, 0.5) is 0 Å². The van der Waals surface area contributed by atoms with Gasteiger partial charge in [0.25, 0.3) is 0 Å². The van der Waals surface area contributed by atoms with Crippen LogP contribution in [-0.4, -0.2) is 31.7 Å². The summed E-state index contributed by atoms with van der Waals surface area (Å²) in [6, 6.07) is 4.08. The lowest BCUT2D eigenvalue weighted by atomic mass is 10.0. The molecule has 0 aliphatic carbocycles. The zero-order chi connectivity index (χ0) is 13.0. The van der Waals surface area contributed by atoms with Crippen molar-refractivity contribution in [2.75, 3.05) is 19.8 Å². The second-order valence-electron chi connectivity index (χ2n) is 4.39. The SMILES string of the molecule is NC(=O)[C@H](CNC1CCOCC1)c1ccc(Cl)s1. The molecule has 2 heterocycles. The second kappa shape index (κ2) is 6.52. The van der Waals surface area contributed by atoms with Gasteiger partial charge in [0.2, 0.25) is 5.91 Å². The van der Waals surface area contributed by atoms with Gasteiger partial charge >= 0.3 is 0 Å². The van der Waals surface area contributed by atoms with Crippen LogP contribution < -0.4 is 11.1 Å². The molecule has 3 N–H and O–H groups in total. The number of rotatable bonds is 5. The standard InChI is InChI=1S/C12H17ClN2O2S/c13-11-2-1-10(18-11)9(12(14)16)7-15-8-3-5-17-6-4-8/h1-2,8-9,15H,3-7H2,(H2,14,16)/t9-/m1/s1. The topological polar surface area (TPSA) is 64.4 Å². The quantitative estimate of drug-likeness (QED) is 0.867. The normalized spacial score (nSPS) is 18.7. The fourth-order valence-corrected chi connectivity index (χ4v) is 3.21. The van der Waals surface area contributed by atoms with E-state index in [-0.39, 0.29) is 11.8 Å². The van der Waals surface area contributed by atoms with Gasteiger partial charge in [0.15, 0.2) is 0 Å². The lowest BCUT2D eigenvalue weighted by Crippen LogP contribution is -2.39. The fraction of sp³-hybridized carbons (Fsp3) is 0.583. The number of primary amides is 1. The first-order valence-electron chi connectivity index (χ1n) is 6.02. The van der Waals surface area contributed by atoms with E-state index >= 15 is 0 Å². The van der Waals surface area contributed by atoms with Gasteiger partial charge in [0, 0.05) is 30.7 Å². The molecule has 18 heavy (non-hydrogen) atoms. The Bertz CT molecular complexity index is 405. The summed E-state index contributed by atoms with van der Waals surface area (Å²) < 4.78 is 5.98. The maximum atomic E-state index is 11.5. The highest BCUT2D eigenvalue weighted by Gasteiger charge is 2.22. The Hall–Kier alpha value is -0.620. The minimum Gasteiger partial charge on any atom is -0.381 e. The zero-order valence-electron chi connectivity index (χ0n) is 10.0. The first-order chi connectivity index (χ1) is 8.66. The molecule has 1 aromatic rings. The van der Waals surface area contributed by atoms with E-state index in [1.54, 1.807) is 6.07 Å². The highest BCUT2D eigenvalue weighted by Crippen LogP contribution is 2.28. The molecule has 0 radical (unpaired) electrons. The lowest BCUT2D eigenvalue weighted by Gasteiger charge is -2.24. The van der Waals surface area contributed by atoms with Crippen molar-refractivity contribution < 1.29 is 9.53 Å². The van der Waals surface area contributed by atoms with E-state index in [0.717, 1.165) is 30.9 Å². The number of halogens is 1. The molecule has 100 valence electrons. The average Bonchev–Trinajstić information content (AvgIpc) is 2.77. The summed E-state index contributed by atoms with van der Waals surface area (Å²) in [5.41, 5.74) is 5.45. The van der Waals surface area contributed by atoms with E-state index in [2.05, 4.69) is 5.32 Å². The summed E-state index contributed by atoms with van der Waals surface area (Å²) in [4.78, 5) is 12.4. The van der Waals surface area contributed by atoms with Crippen molar-refractivity contribution in [2.45, 2.75) is 24.8 Å². The van der Waals surface area contributed by atoms with Gasteiger partial charge in [-0.25, -0.2) is 0 Å². The molecule has 0 aromatic carbocycles. The van der Waals surface area contributed by atoms with E-state index in [0.29, 0.717) is 16.9 Å². The van der Waals surface area contributed by atoms with Crippen molar-refractivity contribution in [1.82, 2.24) is 5.32 Å². The van der Waals surface area contributed by atoms with Crippen LogP contribution in [0.5, 0.6) is 0 Å². The molecule has 1 fully saturated rings. The molecule has 4 nitrogen and oxygen atoms in total. The number of nitrogens with two attached hydrogens (primary N) is 1. The molecule has 1 aliphatic heterocycles. The maximum absolute atomic E-state index is 11.5. The van der Waals surface area contributed by atoms with Crippen LogP contribution in [0.1, 0.15) is 23.6 Å². The van der Waals surface area contributed by atoms with E-state index in [9.17, 15) is 4.79 Å². The minimum absolute atomic E-state index is 0.301. The summed E-state index contributed by atoms with van der Waals surface area (Å²) in [6.07, 6.45) is 1.97. The molecular formula is C12H17ClN2O2S. The Kier molecular flexibility index (Phi) is 5.00. The number of hydrogen-bond acceptors (Lipinski definition) is 4. The molecule has 0 spiro atoms. The van der Waals surface area contributed by atoms with Gasteiger partial charge in [-0.1, -0.05) is 11.6 Å². The van der Waals surface area contributed by atoms with Crippen molar-refractivity contribution in [3.05, 3.63) is 21.3 Å². The number of amides is 1. The van der Waals surface area contributed by atoms with Gasteiger partial charge in [0.1, 0.15) is 0 Å². The third-order valence-electron chi connectivity index (χ3n) is 3.11. The predicted molar refractivity (Wildman–Crippen MR) is 73.1 cm³/mol. The van der Waals surface area contributed by atoms with E-state index in [1.165, 1.54) is 11.3 Å². The van der Waals surface area contributed by atoms with Crippen LogP contribution in [-0.2, 0) is 9.53 Å². The smallest absolute Gasteiger partial charge is 0.227 e. The van der Waals surface area contributed by atoms with Crippen LogP contribution in [0.2, 0.25) is 4.34 Å². The highest BCUT2D eigenvalue weighted by molar-refractivity contribution is 7.16. The summed E-state index contributed by atoms with van der Waals surface area (Å²) in [5, 5.41) is 3.39. The van der Waals surface area contributed by atoms with Crippen molar-refractivity contribution >= 4 is 28.8 Å².